The predicted octanol–water partition coefficient (Wildman–Crippen LogP) is 2.69. The van der Waals surface area contributed by atoms with Gasteiger partial charge in [-0.15, -0.1) is 0 Å². The summed E-state index contributed by atoms with van der Waals surface area (Å²) in [5.41, 5.74) is 1.88. The molecule has 3 nitrogen and oxygen atoms in total. The number of anilines is 1. The minimum absolute atomic E-state index is 0.0170. The van der Waals surface area contributed by atoms with Gasteiger partial charge in [-0.3, -0.25) is 0 Å². The topological polar surface area (TPSA) is 32.7 Å². The van der Waals surface area contributed by atoms with Gasteiger partial charge in [0.25, 0.3) is 0 Å². The summed E-state index contributed by atoms with van der Waals surface area (Å²) in [6.45, 7) is 4.13. The number of piperidine rings is 1. The molecular formula is C14H20ClNO2. The Labute approximate surface area is 113 Å². The molecule has 100 valence electrons. The number of nitrogens with zero attached hydrogens (tertiary/aromatic N) is 1. The maximum atomic E-state index is 9.12. The van der Waals surface area contributed by atoms with Crippen molar-refractivity contribution in [3.8, 4) is 0 Å². The fraction of sp³-hybridized carbons (Fsp3) is 0.571. The van der Waals surface area contributed by atoms with E-state index in [4.69, 9.17) is 21.4 Å². The highest BCUT2D eigenvalue weighted by Gasteiger charge is 2.26. The van der Waals surface area contributed by atoms with E-state index in [9.17, 15) is 0 Å². The first-order chi connectivity index (χ1) is 8.65. The Morgan fingerprint density at radius 2 is 2.28 bits per heavy atom. The van der Waals surface area contributed by atoms with E-state index >= 15 is 0 Å². The van der Waals surface area contributed by atoms with Crippen LogP contribution in [0.4, 0.5) is 5.69 Å². The second-order valence-electron chi connectivity index (χ2n) is 4.92. The molecule has 1 heterocycles. The van der Waals surface area contributed by atoms with Crippen molar-refractivity contribution in [3.05, 3.63) is 28.8 Å². The number of halogens is 1. The molecule has 0 bridgehead atoms. The van der Waals surface area contributed by atoms with Gasteiger partial charge in [-0.05, 0) is 30.0 Å². The lowest BCUT2D eigenvalue weighted by Gasteiger charge is -2.37. The molecule has 0 radical (unpaired) electrons. The molecule has 18 heavy (non-hydrogen) atoms. The third-order valence-corrected chi connectivity index (χ3v) is 4.12. The average Bonchev–Trinajstić information content (AvgIpc) is 2.39. The Morgan fingerprint density at radius 3 is 2.89 bits per heavy atom. The van der Waals surface area contributed by atoms with Crippen LogP contribution in [0.1, 0.15) is 18.9 Å². The van der Waals surface area contributed by atoms with Crippen molar-refractivity contribution in [1.82, 2.24) is 0 Å². The molecule has 2 atom stereocenters. The largest absolute Gasteiger partial charge is 0.392 e. The van der Waals surface area contributed by atoms with E-state index in [0.717, 1.165) is 30.8 Å². The van der Waals surface area contributed by atoms with Crippen molar-refractivity contribution in [1.29, 1.82) is 0 Å². The second-order valence-corrected chi connectivity index (χ2v) is 5.33. The first-order valence-corrected chi connectivity index (χ1v) is 6.70. The van der Waals surface area contributed by atoms with E-state index in [-0.39, 0.29) is 12.7 Å². The summed E-state index contributed by atoms with van der Waals surface area (Å²) < 4.78 is 5.52. The van der Waals surface area contributed by atoms with Gasteiger partial charge in [0.05, 0.1) is 12.7 Å². The van der Waals surface area contributed by atoms with Gasteiger partial charge in [0.2, 0.25) is 0 Å². The first-order valence-electron chi connectivity index (χ1n) is 6.32. The maximum absolute atomic E-state index is 9.12. The molecule has 1 aliphatic heterocycles. The van der Waals surface area contributed by atoms with Gasteiger partial charge < -0.3 is 14.7 Å². The summed E-state index contributed by atoms with van der Waals surface area (Å²) in [5, 5.41) is 9.74. The molecule has 2 rings (SSSR count). The van der Waals surface area contributed by atoms with Gasteiger partial charge in [0.1, 0.15) is 0 Å². The predicted molar refractivity (Wildman–Crippen MR) is 74.2 cm³/mol. The zero-order valence-corrected chi connectivity index (χ0v) is 11.7. The van der Waals surface area contributed by atoms with Crippen LogP contribution in [0.2, 0.25) is 5.02 Å². The smallest absolute Gasteiger partial charge is 0.0772 e. The molecule has 1 aromatic carbocycles. The first kappa shape index (κ1) is 13.7. The van der Waals surface area contributed by atoms with E-state index in [0.29, 0.717) is 10.9 Å². The van der Waals surface area contributed by atoms with Gasteiger partial charge in [0, 0.05) is 30.9 Å². The fourth-order valence-electron chi connectivity index (χ4n) is 2.44. The molecule has 1 N–H and O–H groups in total. The molecule has 1 aliphatic rings. The van der Waals surface area contributed by atoms with Crippen LogP contribution >= 0.6 is 11.6 Å². The van der Waals surface area contributed by atoms with Gasteiger partial charge in [-0.1, -0.05) is 24.6 Å². The third kappa shape index (κ3) is 2.79. The number of benzene rings is 1. The summed E-state index contributed by atoms with van der Waals surface area (Å²) in [7, 11) is 1.77. The van der Waals surface area contributed by atoms with Crippen LogP contribution in [0, 0.1) is 5.92 Å². The molecule has 0 spiro atoms. The zero-order valence-electron chi connectivity index (χ0n) is 10.9. The second kappa shape index (κ2) is 5.91. The van der Waals surface area contributed by atoms with E-state index in [1.54, 1.807) is 7.11 Å². The van der Waals surface area contributed by atoms with Crippen LogP contribution in [-0.2, 0) is 11.3 Å². The van der Waals surface area contributed by atoms with Crippen LogP contribution in [0.3, 0.4) is 0 Å². The van der Waals surface area contributed by atoms with Crippen molar-refractivity contribution in [2.45, 2.75) is 26.1 Å². The van der Waals surface area contributed by atoms with E-state index in [1.165, 1.54) is 0 Å². The van der Waals surface area contributed by atoms with E-state index in [2.05, 4.69) is 11.8 Å². The lowest BCUT2D eigenvalue weighted by Crippen LogP contribution is -2.43. The minimum Gasteiger partial charge on any atom is -0.392 e. The standard InChI is InChI=1S/C14H20ClNO2/c1-10-5-6-16(8-14(10)18-2)12-4-3-11(9-17)13(15)7-12/h3-4,7,10,14,17H,5-6,8-9H2,1-2H3. The summed E-state index contributed by atoms with van der Waals surface area (Å²) in [4.78, 5) is 2.29. The van der Waals surface area contributed by atoms with Crippen molar-refractivity contribution < 1.29 is 9.84 Å². The van der Waals surface area contributed by atoms with Crippen LogP contribution in [0.15, 0.2) is 18.2 Å². The Kier molecular flexibility index (Phi) is 4.49. The van der Waals surface area contributed by atoms with Crippen LogP contribution in [0.5, 0.6) is 0 Å². The quantitative estimate of drug-likeness (QED) is 0.916. The van der Waals surface area contributed by atoms with E-state index < -0.39 is 0 Å². The van der Waals surface area contributed by atoms with Crippen LogP contribution in [-0.4, -0.2) is 31.4 Å². The summed E-state index contributed by atoms with van der Waals surface area (Å²) >= 11 is 6.13. The number of aliphatic hydroxyl groups excluding tert-OH is 1. The summed E-state index contributed by atoms with van der Waals surface area (Å²) in [6, 6.07) is 5.83. The number of methoxy groups -OCH3 is 1. The number of hydrogen-bond acceptors (Lipinski definition) is 3. The minimum atomic E-state index is -0.0170. The Balaban J connectivity index is 2.14. The molecule has 0 aromatic heterocycles. The highest BCUT2D eigenvalue weighted by Crippen LogP contribution is 2.28. The molecular weight excluding hydrogens is 250 g/mol. The number of rotatable bonds is 3. The maximum Gasteiger partial charge on any atom is 0.0772 e. The lowest BCUT2D eigenvalue weighted by atomic mass is 9.95. The molecule has 0 saturated carbocycles. The monoisotopic (exact) mass is 269 g/mol. The van der Waals surface area contributed by atoms with Gasteiger partial charge in [-0.2, -0.15) is 0 Å². The molecule has 0 amide bonds. The molecule has 1 saturated heterocycles. The average molecular weight is 270 g/mol. The fourth-order valence-corrected chi connectivity index (χ4v) is 2.67. The highest BCUT2D eigenvalue weighted by atomic mass is 35.5. The van der Waals surface area contributed by atoms with Crippen molar-refractivity contribution >= 4 is 17.3 Å². The van der Waals surface area contributed by atoms with E-state index in [1.807, 2.05) is 18.2 Å². The lowest BCUT2D eigenvalue weighted by molar-refractivity contribution is 0.0498. The highest BCUT2D eigenvalue weighted by molar-refractivity contribution is 6.31. The van der Waals surface area contributed by atoms with Crippen molar-refractivity contribution in [2.24, 2.45) is 5.92 Å². The number of aliphatic hydroxyl groups is 1. The normalized spacial score (nSPS) is 24.3. The van der Waals surface area contributed by atoms with Gasteiger partial charge in [-0.25, -0.2) is 0 Å². The molecule has 0 aliphatic carbocycles. The summed E-state index contributed by atoms with van der Waals surface area (Å²) in [6.07, 6.45) is 1.40. The Bertz CT molecular complexity index is 411. The van der Waals surface area contributed by atoms with Crippen LogP contribution in [0.25, 0.3) is 0 Å². The Hall–Kier alpha value is -0.770. The molecule has 4 heteroatoms. The van der Waals surface area contributed by atoms with Crippen LogP contribution < -0.4 is 4.90 Å². The Morgan fingerprint density at radius 1 is 1.50 bits per heavy atom. The molecule has 2 unspecified atom stereocenters. The van der Waals surface area contributed by atoms with Gasteiger partial charge >= 0.3 is 0 Å². The van der Waals surface area contributed by atoms with Crippen molar-refractivity contribution in [3.63, 3.8) is 0 Å². The number of ether oxygens (including phenoxy) is 1. The zero-order chi connectivity index (χ0) is 13.1. The molecule has 1 aromatic rings. The van der Waals surface area contributed by atoms with Crippen molar-refractivity contribution in [2.75, 3.05) is 25.1 Å². The number of hydrogen-bond donors (Lipinski definition) is 1. The summed E-state index contributed by atoms with van der Waals surface area (Å²) in [5.74, 6) is 0.596. The van der Waals surface area contributed by atoms with Gasteiger partial charge in [0.15, 0.2) is 0 Å². The third-order valence-electron chi connectivity index (χ3n) is 3.76. The molecule has 1 fully saturated rings. The SMILES string of the molecule is COC1CN(c2ccc(CO)c(Cl)c2)CCC1C.